The molecule has 0 fully saturated rings. The van der Waals surface area contributed by atoms with E-state index in [1.54, 1.807) is 24.3 Å². The van der Waals surface area contributed by atoms with Gasteiger partial charge in [-0.25, -0.2) is 0 Å². The summed E-state index contributed by atoms with van der Waals surface area (Å²) < 4.78 is 11.1. The maximum atomic E-state index is 11.9. The summed E-state index contributed by atoms with van der Waals surface area (Å²) in [5.41, 5.74) is 1.35. The van der Waals surface area contributed by atoms with Crippen LogP contribution in [0, 0.1) is 6.92 Å². The Kier molecular flexibility index (Phi) is 6.36. The maximum Gasteiger partial charge on any atom is 0.177 e. The second-order valence-electron chi connectivity index (χ2n) is 3.82. The van der Waals surface area contributed by atoms with Crippen molar-refractivity contribution >= 4 is 21.7 Å². The van der Waals surface area contributed by atoms with Gasteiger partial charge >= 0.3 is 0 Å². The molecule has 0 aliphatic heterocycles. The molecule has 4 heteroatoms. The second-order valence-corrected chi connectivity index (χ2v) is 4.38. The number of benzene rings is 1. The molecule has 0 aliphatic rings. The summed E-state index contributed by atoms with van der Waals surface area (Å²) in [6.07, 6.45) is 3.31. The standard InChI is InChI=1S/C15H17BrO3/c1-4-8-18-14-7-6-12(13(17)10-16)15(11(14)3)19-9-5-2/h4-7H,1-2,8-10H2,3H3. The van der Waals surface area contributed by atoms with Crippen LogP contribution in [0.25, 0.3) is 0 Å². The molecule has 0 amide bonds. The van der Waals surface area contributed by atoms with Gasteiger partial charge in [0, 0.05) is 5.56 Å². The van der Waals surface area contributed by atoms with Crippen molar-refractivity contribution in [1.29, 1.82) is 0 Å². The molecule has 0 aromatic heterocycles. The lowest BCUT2D eigenvalue weighted by Crippen LogP contribution is -2.08. The zero-order chi connectivity index (χ0) is 14.3. The number of rotatable bonds is 8. The molecule has 0 N–H and O–H groups in total. The van der Waals surface area contributed by atoms with E-state index in [-0.39, 0.29) is 11.1 Å². The van der Waals surface area contributed by atoms with E-state index in [9.17, 15) is 4.79 Å². The van der Waals surface area contributed by atoms with E-state index in [2.05, 4.69) is 29.1 Å². The molecular weight excluding hydrogens is 308 g/mol. The van der Waals surface area contributed by atoms with Crippen molar-refractivity contribution in [2.75, 3.05) is 18.5 Å². The normalized spacial score (nSPS) is 9.79. The Morgan fingerprint density at radius 1 is 1.26 bits per heavy atom. The van der Waals surface area contributed by atoms with E-state index in [0.717, 1.165) is 5.56 Å². The van der Waals surface area contributed by atoms with Gasteiger partial charge < -0.3 is 9.47 Å². The number of hydrogen-bond donors (Lipinski definition) is 0. The van der Waals surface area contributed by atoms with Gasteiger partial charge in [0.15, 0.2) is 5.78 Å². The van der Waals surface area contributed by atoms with Gasteiger partial charge in [-0.1, -0.05) is 41.2 Å². The summed E-state index contributed by atoms with van der Waals surface area (Å²) in [6, 6.07) is 3.49. The van der Waals surface area contributed by atoms with Gasteiger partial charge in [0.2, 0.25) is 0 Å². The van der Waals surface area contributed by atoms with Crippen molar-refractivity contribution in [1.82, 2.24) is 0 Å². The van der Waals surface area contributed by atoms with Crippen LogP contribution in [0.1, 0.15) is 15.9 Å². The van der Waals surface area contributed by atoms with E-state index in [1.165, 1.54) is 0 Å². The van der Waals surface area contributed by atoms with Crippen LogP contribution in [0.3, 0.4) is 0 Å². The molecule has 102 valence electrons. The summed E-state index contributed by atoms with van der Waals surface area (Å²) in [5, 5.41) is 0.254. The van der Waals surface area contributed by atoms with E-state index >= 15 is 0 Å². The van der Waals surface area contributed by atoms with Crippen LogP contribution in [0.4, 0.5) is 0 Å². The fourth-order valence-electron chi connectivity index (χ4n) is 1.60. The van der Waals surface area contributed by atoms with Gasteiger partial charge in [0.05, 0.1) is 10.9 Å². The number of carbonyl (C=O) groups is 1. The van der Waals surface area contributed by atoms with Crippen LogP contribution in [-0.2, 0) is 0 Å². The first-order valence-electron chi connectivity index (χ1n) is 5.85. The Labute approximate surface area is 122 Å². The highest BCUT2D eigenvalue weighted by atomic mass is 79.9. The average molecular weight is 325 g/mol. The summed E-state index contributed by atoms with van der Waals surface area (Å²) in [7, 11) is 0. The van der Waals surface area contributed by atoms with Crippen LogP contribution >= 0.6 is 15.9 Å². The van der Waals surface area contributed by atoms with Gasteiger partial charge in [-0.2, -0.15) is 0 Å². The minimum Gasteiger partial charge on any atom is -0.489 e. The number of ketones is 1. The first-order valence-corrected chi connectivity index (χ1v) is 6.98. The maximum absolute atomic E-state index is 11.9. The van der Waals surface area contributed by atoms with Gasteiger partial charge in [-0.05, 0) is 19.1 Å². The lowest BCUT2D eigenvalue weighted by atomic mass is 10.1. The van der Waals surface area contributed by atoms with E-state index in [4.69, 9.17) is 9.47 Å². The van der Waals surface area contributed by atoms with Gasteiger partial charge in [-0.3, -0.25) is 4.79 Å². The summed E-state index contributed by atoms with van der Waals surface area (Å²) in [4.78, 5) is 11.9. The average Bonchev–Trinajstić information content (AvgIpc) is 2.43. The molecule has 1 aromatic carbocycles. The molecule has 1 aromatic rings. The minimum absolute atomic E-state index is 0.0302. The molecule has 0 heterocycles. The van der Waals surface area contributed by atoms with Crippen LogP contribution in [0.15, 0.2) is 37.4 Å². The molecule has 0 unspecified atom stereocenters. The van der Waals surface area contributed by atoms with Crippen molar-refractivity contribution in [3.8, 4) is 11.5 Å². The molecule has 0 atom stereocenters. The highest BCUT2D eigenvalue weighted by Crippen LogP contribution is 2.32. The SMILES string of the molecule is C=CCOc1ccc(C(=O)CBr)c(OCC=C)c1C. The topological polar surface area (TPSA) is 35.5 Å². The van der Waals surface area contributed by atoms with Gasteiger partial charge in [0.25, 0.3) is 0 Å². The van der Waals surface area contributed by atoms with Crippen molar-refractivity contribution < 1.29 is 14.3 Å². The Hall–Kier alpha value is -1.55. The number of hydrogen-bond acceptors (Lipinski definition) is 3. The Bertz CT molecular complexity index is 481. The zero-order valence-corrected chi connectivity index (χ0v) is 12.5. The van der Waals surface area contributed by atoms with Crippen molar-refractivity contribution in [3.63, 3.8) is 0 Å². The molecule has 0 saturated heterocycles. The fraction of sp³-hybridized carbons (Fsp3) is 0.267. The molecular formula is C15H17BrO3. The highest BCUT2D eigenvalue weighted by Gasteiger charge is 2.17. The van der Waals surface area contributed by atoms with Gasteiger partial charge in [0.1, 0.15) is 24.7 Å². The number of carbonyl (C=O) groups excluding carboxylic acids is 1. The first kappa shape index (κ1) is 15.5. The number of alkyl halides is 1. The van der Waals surface area contributed by atoms with Gasteiger partial charge in [-0.15, -0.1) is 0 Å². The first-order chi connectivity index (χ1) is 9.15. The molecule has 19 heavy (non-hydrogen) atoms. The van der Waals surface area contributed by atoms with Crippen LogP contribution < -0.4 is 9.47 Å². The summed E-state index contributed by atoms with van der Waals surface area (Å²) in [5.74, 6) is 1.20. The van der Waals surface area contributed by atoms with Crippen LogP contribution in [0.2, 0.25) is 0 Å². The van der Waals surface area contributed by atoms with Crippen molar-refractivity contribution in [2.24, 2.45) is 0 Å². The molecule has 0 radical (unpaired) electrons. The minimum atomic E-state index is -0.0302. The molecule has 0 spiro atoms. The Balaban J connectivity index is 3.18. The molecule has 0 saturated carbocycles. The number of ether oxygens (including phenoxy) is 2. The van der Waals surface area contributed by atoms with Crippen molar-refractivity contribution in [3.05, 3.63) is 48.6 Å². The lowest BCUT2D eigenvalue weighted by Gasteiger charge is -2.15. The Morgan fingerprint density at radius 2 is 1.89 bits per heavy atom. The third kappa shape index (κ3) is 3.96. The van der Waals surface area contributed by atoms with Crippen molar-refractivity contribution in [2.45, 2.75) is 6.92 Å². The molecule has 0 aliphatic carbocycles. The van der Waals surface area contributed by atoms with E-state index < -0.39 is 0 Å². The number of Topliss-reactive ketones (excluding diaryl/α,β-unsaturated/α-hetero) is 1. The fourth-order valence-corrected chi connectivity index (χ4v) is 1.90. The van der Waals surface area contributed by atoms with E-state index in [0.29, 0.717) is 30.3 Å². The Morgan fingerprint density at radius 3 is 2.47 bits per heavy atom. The third-order valence-electron chi connectivity index (χ3n) is 2.48. The predicted molar refractivity (Wildman–Crippen MR) is 80.7 cm³/mol. The molecule has 3 nitrogen and oxygen atoms in total. The van der Waals surface area contributed by atoms with Crippen LogP contribution in [0.5, 0.6) is 11.5 Å². The third-order valence-corrected chi connectivity index (χ3v) is 2.99. The smallest absolute Gasteiger partial charge is 0.177 e. The van der Waals surface area contributed by atoms with E-state index in [1.807, 2.05) is 6.92 Å². The monoisotopic (exact) mass is 324 g/mol. The molecule has 0 bridgehead atoms. The second kappa shape index (κ2) is 7.79. The highest BCUT2D eigenvalue weighted by molar-refractivity contribution is 9.09. The summed E-state index contributed by atoms with van der Waals surface area (Å²) >= 11 is 3.17. The van der Waals surface area contributed by atoms with Crippen LogP contribution in [-0.4, -0.2) is 24.3 Å². The largest absolute Gasteiger partial charge is 0.489 e. The zero-order valence-electron chi connectivity index (χ0n) is 10.9. The quantitative estimate of drug-likeness (QED) is 0.415. The number of halogens is 1. The predicted octanol–water partition coefficient (Wildman–Crippen LogP) is 3.70. The summed E-state index contributed by atoms with van der Waals surface area (Å²) in [6.45, 7) is 9.83. The molecule has 1 rings (SSSR count). The lowest BCUT2D eigenvalue weighted by molar-refractivity contribution is 0.102.